The van der Waals surface area contributed by atoms with Crippen molar-refractivity contribution in [3.05, 3.63) is 65.7 Å². The molecule has 2 aromatic rings. The first-order chi connectivity index (χ1) is 12.7. The van der Waals surface area contributed by atoms with E-state index in [0.717, 1.165) is 36.5 Å². The van der Waals surface area contributed by atoms with Gasteiger partial charge in [-0.1, -0.05) is 42.5 Å². The zero-order valence-corrected chi connectivity index (χ0v) is 16.5. The summed E-state index contributed by atoms with van der Waals surface area (Å²) in [6.45, 7) is 6.52. The normalized spacial score (nSPS) is 17.0. The number of para-hydroxylation sites is 1. The van der Waals surface area contributed by atoms with Crippen LogP contribution in [0.4, 0.5) is 0 Å². The number of ether oxygens (including phenoxy) is 1. The van der Waals surface area contributed by atoms with Crippen molar-refractivity contribution in [3.8, 4) is 5.75 Å². The quantitative estimate of drug-likeness (QED) is 0.764. The third-order valence-electron chi connectivity index (χ3n) is 4.65. The van der Waals surface area contributed by atoms with E-state index >= 15 is 0 Å². The van der Waals surface area contributed by atoms with Gasteiger partial charge in [0.2, 0.25) is 5.91 Å². The highest BCUT2D eigenvalue weighted by atomic mass is 35.5. The van der Waals surface area contributed by atoms with E-state index in [9.17, 15) is 4.79 Å². The largest absolute Gasteiger partial charge is 0.489 e. The van der Waals surface area contributed by atoms with E-state index in [1.165, 1.54) is 0 Å². The van der Waals surface area contributed by atoms with Crippen LogP contribution in [0.1, 0.15) is 18.1 Å². The van der Waals surface area contributed by atoms with Crippen LogP contribution in [0.3, 0.4) is 0 Å². The van der Waals surface area contributed by atoms with E-state index in [4.69, 9.17) is 4.74 Å². The van der Waals surface area contributed by atoms with Crippen molar-refractivity contribution in [2.45, 2.75) is 26.1 Å². The molecular formula is C21H28ClN3O2. The second-order valence-electron chi connectivity index (χ2n) is 6.72. The Hall–Kier alpha value is -2.08. The average molecular weight is 390 g/mol. The minimum atomic E-state index is 0. The summed E-state index contributed by atoms with van der Waals surface area (Å²) in [5.41, 5.74) is 2.20. The molecule has 0 saturated carbocycles. The van der Waals surface area contributed by atoms with Gasteiger partial charge in [0.25, 0.3) is 0 Å². The van der Waals surface area contributed by atoms with Gasteiger partial charge in [-0.15, -0.1) is 12.4 Å². The van der Waals surface area contributed by atoms with Crippen molar-refractivity contribution in [1.29, 1.82) is 0 Å². The van der Waals surface area contributed by atoms with E-state index in [1.807, 2.05) is 54.6 Å². The number of amides is 1. The molecule has 0 unspecified atom stereocenters. The number of benzene rings is 2. The molecule has 1 heterocycles. The van der Waals surface area contributed by atoms with Gasteiger partial charge in [0, 0.05) is 32.2 Å². The molecule has 0 bridgehead atoms. The lowest BCUT2D eigenvalue weighted by Crippen LogP contribution is -2.52. The number of piperazine rings is 1. The van der Waals surface area contributed by atoms with Crippen LogP contribution in [-0.2, 0) is 17.9 Å². The summed E-state index contributed by atoms with van der Waals surface area (Å²) in [4.78, 5) is 14.4. The van der Waals surface area contributed by atoms with Crippen LogP contribution in [0.25, 0.3) is 0 Å². The first-order valence-electron chi connectivity index (χ1n) is 9.18. The Kier molecular flexibility index (Phi) is 8.58. The number of halogens is 1. The molecule has 0 aromatic heterocycles. The number of carbonyl (C=O) groups excluding carboxylic acids is 1. The number of hydrogen-bond donors (Lipinski definition) is 2. The molecular weight excluding hydrogens is 362 g/mol. The lowest BCUT2D eigenvalue weighted by atomic mass is 10.1. The molecule has 146 valence electrons. The summed E-state index contributed by atoms with van der Waals surface area (Å²) in [5, 5.41) is 6.35. The summed E-state index contributed by atoms with van der Waals surface area (Å²) < 4.78 is 5.74. The van der Waals surface area contributed by atoms with Crippen LogP contribution >= 0.6 is 12.4 Å². The van der Waals surface area contributed by atoms with Crippen molar-refractivity contribution in [3.63, 3.8) is 0 Å². The summed E-state index contributed by atoms with van der Waals surface area (Å²) in [5.74, 6) is 0.946. The SMILES string of the molecule is C[C@@H]1CNCCN1CC(=O)NCc1ccc(COc2ccccc2)cc1.Cl. The molecule has 1 fully saturated rings. The average Bonchev–Trinajstić information content (AvgIpc) is 2.68. The van der Waals surface area contributed by atoms with E-state index < -0.39 is 0 Å². The monoisotopic (exact) mass is 389 g/mol. The van der Waals surface area contributed by atoms with Crippen molar-refractivity contribution in [2.24, 2.45) is 0 Å². The highest BCUT2D eigenvalue weighted by Crippen LogP contribution is 2.12. The molecule has 5 nitrogen and oxygen atoms in total. The van der Waals surface area contributed by atoms with Crippen molar-refractivity contribution < 1.29 is 9.53 Å². The Labute approximate surface area is 167 Å². The Morgan fingerprint density at radius 1 is 1.15 bits per heavy atom. The minimum absolute atomic E-state index is 0. The molecule has 1 aliphatic heterocycles. The highest BCUT2D eigenvalue weighted by Gasteiger charge is 2.19. The molecule has 1 amide bonds. The Morgan fingerprint density at radius 2 is 1.85 bits per heavy atom. The van der Waals surface area contributed by atoms with Gasteiger partial charge in [-0.3, -0.25) is 9.69 Å². The highest BCUT2D eigenvalue weighted by molar-refractivity contribution is 5.85. The van der Waals surface area contributed by atoms with E-state index in [2.05, 4.69) is 22.5 Å². The molecule has 0 spiro atoms. The van der Waals surface area contributed by atoms with Crippen LogP contribution in [0.2, 0.25) is 0 Å². The van der Waals surface area contributed by atoms with Crippen LogP contribution in [0.5, 0.6) is 5.75 Å². The van der Waals surface area contributed by atoms with E-state index in [-0.39, 0.29) is 18.3 Å². The van der Waals surface area contributed by atoms with E-state index in [0.29, 0.717) is 25.7 Å². The van der Waals surface area contributed by atoms with Crippen LogP contribution in [0.15, 0.2) is 54.6 Å². The molecule has 1 saturated heterocycles. The Morgan fingerprint density at radius 3 is 2.56 bits per heavy atom. The molecule has 27 heavy (non-hydrogen) atoms. The smallest absolute Gasteiger partial charge is 0.234 e. The summed E-state index contributed by atoms with van der Waals surface area (Å²) in [6, 6.07) is 18.4. The number of hydrogen-bond acceptors (Lipinski definition) is 4. The lowest BCUT2D eigenvalue weighted by molar-refractivity contribution is -0.123. The van der Waals surface area contributed by atoms with Crippen LogP contribution in [0, 0.1) is 0 Å². The first kappa shape index (κ1) is 21.2. The second kappa shape index (κ2) is 10.9. The number of nitrogens with one attached hydrogen (secondary N) is 2. The number of nitrogens with zero attached hydrogens (tertiary/aromatic N) is 1. The molecule has 2 aromatic carbocycles. The molecule has 1 atom stereocenters. The fourth-order valence-corrected chi connectivity index (χ4v) is 3.00. The van der Waals surface area contributed by atoms with Gasteiger partial charge in [-0.25, -0.2) is 0 Å². The van der Waals surface area contributed by atoms with Gasteiger partial charge in [0.05, 0.1) is 6.54 Å². The maximum atomic E-state index is 12.2. The van der Waals surface area contributed by atoms with Gasteiger partial charge in [0.1, 0.15) is 12.4 Å². The zero-order valence-electron chi connectivity index (χ0n) is 15.7. The first-order valence-corrected chi connectivity index (χ1v) is 9.18. The second-order valence-corrected chi connectivity index (χ2v) is 6.72. The number of carbonyl (C=O) groups is 1. The fourth-order valence-electron chi connectivity index (χ4n) is 3.00. The van der Waals surface area contributed by atoms with Crippen molar-refractivity contribution in [2.75, 3.05) is 26.2 Å². The number of rotatable bonds is 7. The Balaban J connectivity index is 0.00000261. The molecule has 6 heteroatoms. The zero-order chi connectivity index (χ0) is 18.2. The van der Waals surface area contributed by atoms with Gasteiger partial charge in [0.15, 0.2) is 0 Å². The molecule has 2 N–H and O–H groups in total. The molecule has 0 aliphatic carbocycles. The van der Waals surface area contributed by atoms with Crippen molar-refractivity contribution >= 4 is 18.3 Å². The van der Waals surface area contributed by atoms with Gasteiger partial charge >= 0.3 is 0 Å². The third kappa shape index (κ3) is 6.86. The van der Waals surface area contributed by atoms with Crippen LogP contribution < -0.4 is 15.4 Å². The summed E-state index contributed by atoms with van der Waals surface area (Å²) in [6.07, 6.45) is 0. The molecule has 0 radical (unpaired) electrons. The maximum absolute atomic E-state index is 12.2. The fraction of sp³-hybridized carbons (Fsp3) is 0.381. The maximum Gasteiger partial charge on any atom is 0.234 e. The summed E-state index contributed by atoms with van der Waals surface area (Å²) >= 11 is 0. The topological polar surface area (TPSA) is 53.6 Å². The van der Waals surface area contributed by atoms with Gasteiger partial charge < -0.3 is 15.4 Å². The third-order valence-corrected chi connectivity index (χ3v) is 4.65. The van der Waals surface area contributed by atoms with Crippen molar-refractivity contribution in [1.82, 2.24) is 15.5 Å². The van der Waals surface area contributed by atoms with Crippen LogP contribution in [-0.4, -0.2) is 43.0 Å². The predicted octanol–water partition coefficient (Wildman–Crippen LogP) is 2.60. The minimum Gasteiger partial charge on any atom is -0.489 e. The Bertz CT molecular complexity index is 694. The summed E-state index contributed by atoms with van der Waals surface area (Å²) in [7, 11) is 0. The van der Waals surface area contributed by atoms with Gasteiger partial charge in [-0.2, -0.15) is 0 Å². The molecule has 1 aliphatic rings. The predicted molar refractivity (Wildman–Crippen MR) is 110 cm³/mol. The standard InChI is InChI=1S/C21H27N3O2.ClH/c1-17-13-22-11-12-24(17)15-21(25)23-14-18-7-9-19(10-8-18)16-26-20-5-3-2-4-6-20;/h2-10,17,22H,11-16H2,1H3,(H,23,25);1H/t17-;/m1./s1. The van der Waals surface area contributed by atoms with Gasteiger partial charge in [-0.05, 0) is 30.2 Å². The molecule has 3 rings (SSSR count). The lowest BCUT2D eigenvalue weighted by Gasteiger charge is -2.33. The van der Waals surface area contributed by atoms with E-state index in [1.54, 1.807) is 0 Å².